The lowest BCUT2D eigenvalue weighted by molar-refractivity contribution is 0.195. The molecule has 0 unspecified atom stereocenters. The van der Waals surface area contributed by atoms with Crippen LogP contribution in [0.5, 0.6) is 0 Å². The van der Waals surface area contributed by atoms with Crippen molar-refractivity contribution in [3.05, 3.63) is 35.9 Å². The number of hydrogen-bond acceptors (Lipinski definition) is 2. The summed E-state index contributed by atoms with van der Waals surface area (Å²) in [4.78, 5) is 2.56. The molecule has 0 atom stereocenters. The molecule has 2 nitrogen and oxygen atoms in total. The van der Waals surface area contributed by atoms with E-state index in [2.05, 4.69) is 35.2 Å². The van der Waals surface area contributed by atoms with Crippen LogP contribution in [-0.2, 0) is 6.54 Å². The number of hydrogen-bond donors (Lipinski definition) is 1. The summed E-state index contributed by atoms with van der Waals surface area (Å²) in [7, 11) is 0. The fourth-order valence-electron chi connectivity index (χ4n) is 2.64. The second-order valence-corrected chi connectivity index (χ2v) is 4.68. The molecule has 0 aromatic heterocycles. The van der Waals surface area contributed by atoms with E-state index in [9.17, 15) is 0 Å². The summed E-state index contributed by atoms with van der Waals surface area (Å²) in [6.07, 6.45) is 5.49. The highest BCUT2D eigenvalue weighted by Crippen LogP contribution is 2.24. The first-order chi connectivity index (χ1) is 7.90. The molecule has 0 amide bonds. The number of nitrogens with two attached hydrogens (primary N) is 1. The van der Waals surface area contributed by atoms with Crippen molar-refractivity contribution in [1.29, 1.82) is 0 Å². The first kappa shape index (κ1) is 11.6. The quantitative estimate of drug-likeness (QED) is 0.822. The van der Waals surface area contributed by atoms with Crippen molar-refractivity contribution in [2.75, 3.05) is 13.1 Å². The van der Waals surface area contributed by atoms with Crippen LogP contribution in [0.15, 0.2) is 30.3 Å². The molecule has 1 fully saturated rings. The maximum atomic E-state index is 5.71. The Labute approximate surface area is 98.4 Å². The third-order valence-electron chi connectivity index (χ3n) is 3.49. The van der Waals surface area contributed by atoms with Gasteiger partial charge in [0.2, 0.25) is 0 Å². The van der Waals surface area contributed by atoms with Crippen molar-refractivity contribution in [2.24, 2.45) is 5.73 Å². The fraction of sp³-hybridized carbons (Fsp3) is 0.571. The Balaban J connectivity index is 1.96. The third-order valence-corrected chi connectivity index (χ3v) is 3.49. The molecule has 1 aliphatic carbocycles. The van der Waals surface area contributed by atoms with Gasteiger partial charge in [0.05, 0.1) is 0 Å². The molecule has 2 heteroatoms. The van der Waals surface area contributed by atoms with Crippen LogP contribution in [-0.4, -0.2) is 24.0 Å². The lowest BCUT2D eigenvalue weighted by Crippen LogP contribution is -2.36. The summed E-state index contributed by atoms with van der Waals surface area (Å²) < 4.78 is 0. The molecule has 1 aromatic carbocycles. The molecular weight excluding hydrogens is 196 g/mol. The molecule has 1 saturated carbocycles. The van der Waals surface area contributed by atoms with Crippen molar-refractivity contribution in [3.63, 3.8) is 0 Å². The molecule has 0 bridgehead atoms. The fourth-order valence-corrected chi connectivity index (χ4v) is 2.64. The van der Waals surface area contributed by atoms with E-state index in [0.29, 0.717) is 0 Å². The minimum atomic E-state index is 0.767. The monoisotopic (exact) mass is 218 g/mol. The van der Waals surface area contributed by atoms with Crippen LogP contribution in [0.2, 0.25) is 0 Å². The van der Waals surface area contributed by atoms with Crippen LogP contribution >= 0.6 is 0 Å². The molecule has 0 radical (unpaired) electrons. The van der Waals surface area contributed by atoms with Gasteiger partial charge in [-0.25, -0.2) is 0 Å². The smallest absolute Gasteiger partial charge is 0.0237 e. The minimum Gasteiger partial charge on any atom is -0.329 e. The number of benzene rings is 1. The average molecular weight is 218 g/mol. The summed E-state index contributed by atoms with van der Waals surface area (Å²) in [6, 6.07) is 11.5. The normalized spacial score (nSPS) is 17.1. The zero-order chi connectivity index (χ0) is 11.2. The molecule has 88 valence electrons. The SMILES string of the molecule is NCCN(Cc1ccccc1)C1CCCC1. The highest BCUT2D eigenvalue weighted by Gasteiger charge is 2.21. The predicted octanol–water partition coefficient (Wildman–Crippen LogP) is 2.39. The van der Waals surface area contributed by atoms with Crippen molar-refractivity contribution < 1.29 is 0 Å². The largest absolute Gasteiger partial charge is 0.329 e. The van der Waals surface area contributed by atoms with Crippen LogP contribution in [0.4, 0.5) is 0 Å². The Morgan fingerprint density at radius 1 is 1.12 bits per heavy atom. The Bertz CT molecular complexity index is 291. The van der Waals surface area contributed by atoms with E-state index in [4.69, 9.17) is 5.73 Å². The Morgan fingerprint density at radius 2 is 1.81 bits per heavy atom. The average Bonchev–Trinajstić information content (AvgIpc) is 2.83. The molecule has 0 heterocycles. The van der Waals surface area contributed by atoms with Gasteiger partial charge in [-0.2, -0.15) is 0 Å². The van der Waals surface area contributed by atoms with Crippen LogP contribution in [0, 0.1) is 0 Å². The molecule has 16 heavy (non-hydrogen) atoms. The van der Waals surface area contributed by atoms with Gasteiger partial charge >= 0.3 is 0 Å². The van der Waals surface area contributed by atoms with E-state index in [0.717, 1.165) is 25.7 Å². The zero-order valence-electron chi connectivity index (χ0n) is 9.94. The highest BCUT2D eigenvalue weighted by molar-refractivity contribution is 5.14. The number of nitrogens with zero attached hydrogens (tertiary/aromatic N) is 1. The van der Waals surface area contributed by atoms with Crippen LogP contribution in [0.3, 0.4) is 0 Å². The minimum absolute atomic E-state index is 0.767. The first-order valence-electron chi connectivity index (χ1n) is 6.38. The predicted molar refractivity (Wildman–Crippen MR) is 68.2 cm³/mol. The van der Waals surface area contributed by atoms with E-state index in [1.54, 1.807) is 0 Å². The maximum Gasteiger partial charge on any atom is 0.0237 e. The summed E-state index contributed by atoms with van der Waals surface area (Å²) in [5.41, 5.74) is 7.11. The second-order valence-electron chi connectivity index (χ2n) is 4.68. The summed E-state index contributed by atoms with van der Waals surface area (Å²) in [6.45, 7) is 2.85. The van der Waals surface area contributed by atoms with E-state index >= 15 is 0 Å². The van der Waals surface area contributed by atoms with Crippen molar-refractivity contribution >= 4 is 0 Å². The summed E-state index contributed by atoms with van der Waals surface area (Å²) in [5.74, 6) is 0. The van der Waals surface area contributed by atoms with Crippen LogP contribution < -0.4 is 5.73 Å². The highest BCUT2D eigenvalue weighted by atomic mass is 15.2. The molecule has 1 aliphatic rings. The molecule has 0 saturated heterocycles. The van der Waals surface area contributed by atoms with Crippen molar-refractivity contribution in [3.8, 4) is 0 Å². The lowest BCUT2D eigenvalue weighted by atomic mass is 10.1. The van der Waals surface area contributed by atoms with Gasteiger partial charge < -0.3 is 5.73 Å². The van der Waals surface area contributed by atoms with E-state index < -0.39 is 0 Å². The van der Waals surface area contributed by atoms with Crippen molar-refractivity contribution in [1.82, 2.24) is 4.90 Å². The van der Waals surface area contributed by atoms with Crippen LogP contribution in [0.25, 0.3) is 0 Å². The van der Waals surface area contributed by atoms with Gasteiger partial charge in [0.15, 0.2) is 0 Å². The van der Waals surface area contributed by atoms with Gasteiger partial charge in [0, 0.05) is 25.7 Å². The van der Waals surface area contributed by atoms with E-state index in [-0.39, 0.29) is 0 Å². The Kier molecular flexibility index (Phi) is 4.37. The topological polar surface area (TPSA) is 29.3 Å². The lowest BCUT2D eigenvalue weighted by Gasteiger charge is -2.28. The molecule has 2 N–H and O–H groups in total. The van der Waals surface area contributed by atoms with Gasteiger partial charge in [0.1, 0.15) is 0 Å². The Morgan fingerprint density at radius 3 is 2.44 bits per heavy atom. The molecule has 0 spiro atoms. The molecule has 1 aromatic rings. The second kappa shape index (κ2) is 6.02. The standard InChI is InChI=1S/C14H22N2/c15-10-11-16(14-8-4-5-9-14)12-13-6-2-1-3-7-13/h1-3,6-7,14H,4-5,8-12,15H2. The van der Waals surface area contributed by atoms with Gasteiger partial charge in [-0.1, -0.05) is 43.2 Å². The number of rotatable bonds is 5. The summed E-state index contributed by atoms with van der Waals surface area (Å²) >= 11 is 0. The molecule has 2 rings (SSSR count). The van der Waals surface area contributed by atoms with Crippen LogP contribution in [0.1, 0.15) is 31.2 Å². The molecule has 0 aliphatic heterocycles. The third kappa shape index (κ3) is 3.06. The van der Waals surface area contributed by atoms with E-state index in [1.165, 1.54) is 31.2 Å². The molecular formula is C14H22N2. The first-order valence-corrected chi connectivity index (χ1v) is 6.38. The maximum absolute atomic E-state index is 5.71. The zero-order valence-corrected chi connectivity index (χ0v) is 9.94. The van der Waals surface area contributed by atoms with Gasteiger partial charge in [-0.05, 0) is 18.4 Å². The van der Waals surface area contributed by atoms with Gasteiger partial charge in [0.25, 0.3) is 0 Å². The van der Waals surface area contributed by atoms with Gasteiger partial charge in [-0.15, -0.1) is 0 Å². The Hall–Kier alpha value is -0.860. The van der Waals surface area contributed by atoms with Crippen molar-refractivity contribution in [2.45, 2.75) is 38.3 Å². The van der Waals surface area contributed by atoms with Gasteiger partial charge in [-0.3, -0.25) is 4.90 Å². The van der Waals surface area contributed by atoms with E-state index in [1.807, 2.05) is 0 Å². The summed E-state index contributed by atoms with van der Waals surface area (Å²) in [5, 5.41) is 0.